The molecule has 3 nitrogen and oxygen atoms in total. The Hall–Kier alpha value is -1.07. The van der Waals surface area contributed by atoms with Crippen molar-refractivity contribution in [1.82, 2.24) is 4.98 Å². The largest absolute Gasteiger partial charge is 0.396 e. The van der Waals surface area contributed by atoms with Gasteiger partial charge < -0.3 is 10.6 Å². The summed E-state index contributed by atoms with van der Waals surface area (Å²) in [4.78, 5) is 7.88. The normalized spacial score (nSPS) is 10.5. The molecule has 90 valence electrons. The smallest absolute Gasteiger partial charge is 0.152 e. The SMILES string of the molecule is CCN(Cc1cccs1)c1ncc(Br)cc1N. The van der Waals surface area contributed by atoms with Crippen LogP contribution in [0.5, 0.6) is 0 Å². The van der Waals surface area contributed by atoms with Crippen LogP contribution in [-0.2, 0) is 6.54 Å². The molecule has 0 fully saturated rings. The standard InChI is InChI=1S/C12H14BrN3S/c1-2-16(8-10-4-3-5-17-10)12-11(14)6-9(13)7-15-12/h3-7H,2,8,14H2,1H3. The lowest BCUT2D eigenvalue weighted by Gasteiger charge is -2.22. The van der Waals surface area contributed by atoms with Crippen LogP contribution in [0.4, 0.5) is 11.5 Å². The second-order valence-electron chi connectivity index (χ2n) is 3.66. The van der Waals surface area contributed by atoms with Gasteiger partial charge in [0.1, 0.15) is 0 Å². The lowest BCUT2D eigenvalue weighted by Crippen LogP contribution is -2.23. The summed E-state index contributed by atoms with van der Waals surface area (Å²) < 4.78 is 0.908. The monoisotopic (exact) mass is 311 g/mol. The predicted molar refractivity (Wildman–Crippen MR) is 77.4 cm³/mol. The van der Waals surface area contributed by atoms with E-state index >= 15 is 0 Å². The van der Waals surface area contributed by atoms with Crippen LogP contribution < -0.4 is 10.6 Å². The van der Waals surface area contributed by atoms with Crippen molar-refractivity contribution in [1.29, 1.82) is 0 Å². The first-order chi connectivity index (χ1) is 8.20. The first-order valence-electron chi connectivity index (χ1n) is 5.39. The van der Waals surface area contributed by atoms with Crippen molar-refractivity contribution in [2.75, 3.05) is 17.2 Å². The van der Waals surface area contributed by atoms with E-state index in [-0.39, 0.29) is 0 Å². The highest BCUT2D eigenvalue weighted by Crippen LogP contribution is 2.25. The Balaban J connectivity index is 2.23. The maximum atomic E-state index is 6.00. The Morgan fingerprint density at radius 1 is 1.53 bits per heavy atom. The van der Waals surface area contributed by atoms with Crippen molar-refractivity contribution in [2.45, 2.75) is 13.5 Å². The van der Waals surface area contributed by atoms with Crippen molar-refractivity contribution in [3.05, 3.63) is 39.1 Å². The number of nitrogens with zero attached hydrogens (tertiary/aromatic N) is 2. The van der Waals surface area contributed by atoms with Gasteiger partial charge in [0.25, 0.3) is 0 Å². The number of hydrogen-bond donors (Lipinski definition) is 1. The summed E-state index contributed by atoms with van der Waals surface area (Å²) in [5.74, 6) is 0.851. The van der Waals surface area contributed by atoms with Crippen LogP contribution in [0.15, 0.2) is 34.2 Å². The van der Waals surface area contributed by atoms with Crippen molar-refractivity contribution < 1.29 is 0 Å². The zero-order valence-corrected chi connectivity index (χ0v) is 12.0. The van der Waals surface area contributed by atoms with Gasteiger partial charge in [0.15, 0.2) is 5.82 Å². The Morgan fingerprint density at radius 3 is 2.94 bits per heavy atom. The molecule has 0 bridgehead atoms. The molecule has 5 heteroatoms. The molecule has 2 heterocycles. The molecule has 0 aromatic carbocycles. The summed E-state index contributed by atoms with van der Waals surface area (Å²) in [7, 11) is 0. The van der Waals surface area contributed by atoms with Gasteiger partial charge in [-0.15, -0.1) is 11.3 Å². The molecule has 2 rings (SSSR count). The Bertz CT molecular complexity index is 485. The number of nitrogen functional groups attached to an aromatic ring is 1. The fraction of sp³-hybridized carbons (Fsp3) is 0.250. The summed E-state index contributed by atoms with van der Waals surface area (Å²) in [5.41, 5.74) is 6.70. The molecule has 0 radical (unpaired) electrons. The number of thiophene rings is 1. The molecule has 0 aliphatic rings. The first-order valence-corrected chi connectivity index (χ1v) is 7.06. The van der Waals surface area contributed by atoms with Crippen LogP contribution in [0.2, 0.25) is 0 Å². The Kier molecular flexibility index (Phi) is 4.02. The minimum atomic E-state index is 0.706. The number of hydrogen-bond acceptors (Lipinski definition) is 4. The summed E-state index contributed by atoms with van der Waals surface area (Å²) >= 11 is 5.12. The van der Waals surface area contributed by atoms with Crippen LogP contribution in [0, 0.1) is 0 Å². The van der Waals surface area contributed by atoms with E-state index in [0.717, 1.165) is 23.4 Å². The van der Waals surface area contributed by atoms with Gasteiger partial charge >= 0.3 is 0 Å². The fourth-order valence-electron chi connectivity index (χ4n) is 1.64. The molecule has 0 aliphatic heterocycles. The van der Waals surface area contributed by atoms with E-state index in [1.54, 1.807) is 17.5 Å². The van der Waals surface area contributed by atoms with E-state index in [2.05, 4.69) is 50.3 Å². The van der Waals surface area contributed by atoms with Gasteiger partial charge in [0.2, 0.25) is 0 Å². The quantitative estimate of drug-likeness (QED) is 0.939. The molecule has 0 unspecified atom stereocenters. The van der Waals surface area contributed by atoms with Gasteiger partial charge in [-0.3, -0.25) is 0 Å². The predicted octanol–water partition coefficient (Wildman–Crippen LogP) is 3.51. The van der Waals surface area contributed by atoms with Crippen molar-refractivity contribution >= 4 is 38.8 Å². The number of nitrogens with two attached hydrogens (primary N) is 1. The van der Waals surface area contributed by atoms with Crippen LogP contribution in [0.1, 0.15) is 11.8 Å². The average Bonchev–Trinajstić information content (AvgIpc) is 2.79. The molecule has 0 saturated carbocycles. The van der Waals surface area contributed by atoms with Gasteiger partial charge in [-0.1, -0.05) is 6.07 Å². The van der Waals surface area contributed by atoms with Crippen LogP contribution in [-0.4, -0.2) is 11.5 Å². The van der Waals surface area contributed by atoms with Crippen molar-refractivity contribution in [3.63, 3.8) is 0 Å². The molecule has 2 N–H and O–H groups in total. The molecule has 0 amide bonds. The number of aromatic nitrogens is 1. The summed E-state index contributed by atoms with van der Waals surface area (Å²) in [6.07, 6.45) is 1.78. The minimum Gasteiger partial charge on any atom is -0.396 e. The zero-order chi connectivity index (χ0) is 12.3. The third kappa shape index (κ3) is 2.98. The average molecular weight is 312 g/mol. The molecular formula is C12H14BrN3S. The van der Waals surface area contributed by atoms with E-state index in [9.17, 15) is 0 Å². The topological polar surface area (TPSA) is 42.2 Å². The summed E-state index contributed by atoms with van der Waals surface area (Å²) in [5, 5.41) is 2.08. The molecule has 0 aliphatic carbocycles. The molecule has 2 aromatic rings. The third-order valence-electron chi connectivity index (χ3n) is 2.47. The van der Waals surface area contributed by atoms with E-state index in [1.165, 1.54) is 4.88 Å². The van der Waals surface area contributed by atoms with E-state index in [4.69, 9.17) is 5.73 Å². The number of anilines is 2. The van der Waals surface area contributed by atoms with Crippen molar-refractivity contribution in [2.24, 2.45) is 0 Å². The summed E-state index contributed by atoms with van der Waals surface area (Å²) in [6, 6.07) is 6.08. The second kappa shape index (κ2) is 5.51. The van der Waals surface area contributed by atoms with Gasteiger partial charge in [-0.05, 0) is 40.4 Å². The minimum absolute atomic E-state index is 0.706. The lowest BCUT2D eigenvalue weighted by molar-refractivity contribution is 0.825. The maximum Gasteiger partial charge on any atom is 0.152 e. The van der Waals surface area contributed by atoms with Gasteiger partial charge in [-0.25, -0.2) is 4.98 Å². The molecule has 0 spiro atoms. The number of halogens is 1. The molecular weight excluding hydrogens is 298 g/mol. The van der Waals surface area contributed by atoms with E-state index < -0.39 is 0 Å². The lowest BCUT2D eigenvalue weighted by atomic mass is 10.3. The Labute approximate surface area is 113 Å². The molecule has 0 atom stereocenters. The molecule has 17 heavy (non-hydrogen) atoms. The number of rotatable bonds is 4. The Morgan fingerprint density at radius 2 is 2.35 bits per heavy atom. The highest BCUT2D eigenvalue weighted by molar-refractivity contribution is 9.10. The second-order valence-corrected chi connectivity index (χ2v) is 5.61. The van der Waals surface area contributed by atoms with Gasteiger partial charge in [-0.2, -0.15) is 0 Å². The molecule has 2 aromatic heterocycles. The highest BCUT2D eigenvalue weighted by Gasteiger charge is 2.11. The highest BCUT2D eigenvalue weighted by atomic mass is 79.9. The van der Waals surface area contributed by atoms with E-state index in [1.807, 2.05) is 6.07 Å². The van der Waals surface area contributed by atoms with Crippen LogP contribution in [0.25, 0.3) is 0 Å². The zero-order valence-electron chi connectivity index (χ0n) is 9.56. The van der Waals surface area contributed by atoms with Gasteiger partial charge in [0.05, 0.1) is 12.2 Å². The van der Waals surface area contributed by atoms with Crippen LogP contribution in [0.3, 0.4) is 0 Å². The third-order valence-corrected chi connectivity index (χ3v) is 3.76. The maximum absolute atomic E-state index is 6.00. The van der Waals surface area contributed by atoms with E-state index in [0.29, 0.717) is 5.69 Å². The van der Waals surface area contributed by atoms with Crippen LogP contribution >= 0.6 is 27.3 Å². The summed E-state index contributed by atoms with van der Waals surface area (Å²) in [6.45, 7) is 3.85. The first kappa shape index (κ1) is 12.4. The van der Waals surface area contributed by atoms with Gasteiger partial charge in [0, 0.05) is 22.1 Å². The molecule has 0 saturated heterocycles. The number of pyridine rings is 1. The van der Waals surface area contributed by atoms with Crippen molar-refractivity contribution in [3.8, 4) is 0 Å². The fourth-order valence-corrected chi connectivity index (χ4v) is 2.71.